The Balaban J connectivity index is 1.91. The molecule has 1 aliphatic carbocycles. The summed E-state index contributed by atoms with van der Waals surface area (Å²) in [5, 5.41) is 1.99. The van der Waals surface area contributed by atoms with Gasteiger partial charge in [0.15, 0.2) is 5.78 Å². The summed E-state index contributed by atoms with van der Waals surface area (Å²) in [6, 6.07) is 12.3. The number of ether oxygens (including phenoxy) is 1. The number of nitrogens with zero attached hydrogens (tertiary/aromatic N) is 1. The maximum Gasteiger partial charge on any atom is 0.317 e. The minimum Gasteiger partial charge on any atom is -0.465 e. The third-order valence-corrected chi connectivity index (χ3v) is 6.29. The van der Waals surface area contributed by atoms with Crippen LogP contribution < -0.4 is 4.90 Å². The molecule has 0 aliphatic heterocycles. The van der Waals surface area contributed by atoms with Crippen LogP contribution in [-0.4, -0.2) is 31.4 Å². The molecule has 1 heterocycles. The molecule has 5 heteroatoms. The van der Waals surface area contributed by atoms with Gasteiger partial charge in [0.05, 0.1) is 6.61 Å². The Morgan fingerprint density at radius 2 is 1.86 bits per heavy atom. The van der Waals surface area contributed by atoms with Crippen LogP contribution in [-0.2, 0) is 14.3 Å². The molecule has 1 aliphatic rings. The molecule has 148 valence electrons. The summed E-state index contributed by atoms with van der Waals surface area (Å²) in [5.41, 5.74) is 3.19. The Morgan fingerprint density at radius 3 is 2.43 bits per heavy atom. The number of hydrogen-bond acceptors (Lipinski definition) is 5. The summed E-state index contributed by atoms with van der Waals surface area (Å²) in [6.07, 6.45) is 2.29. The molecule has 0 unspecified atom stereocenters. The number of carbonyl (C=O) groups excluding carboxylic acids is 2. The number of carbonyl (C=O) groups is 2. The van der Waals surface area contributed by atoms with E-state index in [0.717, 1.165) is 29.1 Å². The number of rotatable bonds is 7. The highest BCUT2D eigenvalue weighted by Gasteiger charge is 2.40. The fraction of sp³-hybridized carbons (Fsp3) is 0.391. The lowest BCUT2D eigenvalue weighted by Gasteiger charge is -2.28. The maximum atomic E-state index is 12.9. The summed E-state index contributed by atoms with van der Waals surface area (Å²) in [5.74, 6) is -1.50. The van der Waals surface area contributed by atoms with E-state index in [1.165, 1.54) is 5.69 Å². The molecule has 28 heavy (non-hydrogen) atoms. The predicted octanol–water partition coefficient (Wildman–Crippen LogP) is 4.91. The van der Waals surface area contributed by atoms with Crippen molar-refractivity contribution in [3.05, 3.63) is 58.3 Å². The van der Waals surface area contributed by atoms with Gasteiger partial charge in [-0.25, -0.2) is 0 Å². The molecule has 0 N–H and O–H groups in total. The van der Waals surface area contributed by atoms with Crippen molar-refractivity contribution in [2.45, 2.75) is 33.1 Å². The summed E-state index contributed by atoms with van der Waals surface area (Å²) in [6.45, 7) is 8.24. The van der Waals surface area contributed by atoms with Crippen molar-refractivity contribution in [2.24, 2.45) is 5.92 Å². The molecule has 0 saturated carbocycles. The van der Waals surface area contributed by atoms with Gasteiger partial charge in [0.2, 0.25) is 0 Å². The highest BCUT2D eigenvalue weighted by molar-refractivity contribution is 7.10. The van der Waals surface area contributed by atoms with Crippen molar-refractivity contribution < 1.29 is 14.3 Å². The molecular formula is C23H27NO3S. The Kier molecular flexibility index (Phi) is 6.68. The molecule has 1 aromatic heterocycles. The van der Waals surface area contributed by atoms with Gasteiger partial charge in [0.1, 0.15) is 5.92 Å². The Bertz CT molecular complexity index is 835. The third-order valence-electron chi connectivity index (χ3n) is 5.28. The molecule has 0 radical (unpaired) electrons. The van der Waals surface area contributed by atoms with Crippen molar-refractivity contribution in [1.82, 2.24) is 0 Å². The first kappa shape index (κ1) is 20.3. The van der Waals surface area contributed by atoms with E-state index < -0.39 is 11.9 Å². The molecule has 0 bridgehead atoms. The van der Waals surface area contributed by atoms with Gasteiger partial charge in [-0.2, -0.15) is 0 Å². The number of allylic oxidation sites excluding steroid dienone is 2. The lowest BCUT2D eigenvalue weighted by atomic mass is 9.76. The van der Waals surface area contributed by atoms with Gasteiger partial charge in [0, 0.05) is 29.6 Å². The number of anilines is 1. The van der Waals surface area contributed by atoms with E-state index in [2.05, 4.69) is 43.0 Å². The number of thiophene rings is 1. The van der Waals surface area contributed by atoms with Crippen molar-refractivity contribution in [1.29, 1.82) is 0 Å². The first-order valence-electron chi connectivity index (χ1n) is 9.88. The summed E-state index contributed by atoms with van der Waals surface area (Å²) in [7, 11) is 0. The molecule has 0 spiro atoms. The second kappa shape index (κ2) is 9.20. The smallest absolute Gasteiger partial charge is 0.317 e. The average molecular weight is 398 g/mol. The van der Waals surface area contributed by atoms with Gasteiger partial charge in [-0.15, -0.1) is 11.3 Å². The minimum absolute atomic E-state index is 0.161. The molecule has 3 rings (SSSR count). The van der Waals surface area contributed by atoms with Crippen LogP contribution >= 0.6 is 11.3 Å². The Morgan fingerprint density at radius 1 is 1.14 bits per heavy atom. The lowest BCUT2D eigenvalue weighted by Crippen LogP contribution is -2.33. The van der Waals surface area contributed by atoms with Crippen molar-refractivity contribution >= 4 is 34.3 Å². The topological polar surface area (TPSA) is 46.6 Å². The normalized spacial score (nSPS) is 19.2. The van der Waals surface area contributed by atoms with E-state index in [9.17, 15) is 9.59 Å². The van der Waals surface area contributed by atoms with E-state index >= 15 is 0 Å². The zero-order chi connectivity index (χ0) is 20.1. The number of benzene rings is 1. The van der Waals surface area contributed by atoms with E-state index in [0.29, 0.717) is 6.42 Å². The van der Waals surface area contributed by atoms with Gasteiger partial charge in [-0.3, -0.25) is 9.59 Å². The second-order valence-electron chi connectivity index (χ2n) is 6.85. The summed E-state index contributed by atoms with van der Waals surface area (Å²) in [4.78, 5) is 28.7. The molecule has 0 amide bonds. The van der Waals surface area contributed by atoms with Crippen LogP contribution in [0.3, 0.4) is 0 Å². The second-order valence-corrected chi connectivity index (χ2v) is 7.83. The molecule has 1 aromatic carbocycles. The number of hydrogen-bond donors (Lipinski definition) is 0. The first-order valence-corrected chi connectivity index (χ1v) is 10.8. The van der Waals surface area contributed by atoms with Crippen molar-refractivity contribution in [2.75, 3.05) is 24.6 Å². The fourth-order valence-electron chi connectivity index (χ4n) is 3.83. The van der Waals surface area contributed by atoms with E-state index in [1.54, 1.807) is 24.3 Å². The quantitative estimate of drug-likeness (QED) is 0.492. The zero-order valence-electron chi connectivity index (χ0n) is 16.7. The van der Waals surface area contributed by atoms with Gasteiger partial charge in [0.25, 0.3) is 0 Å². The van der Waals surface area contributed by atoms with Gasteiger partial charge < -0.3 is 9.64 Å². The standard InChI is InChI=1S/C23H27NO3S/c1-4-24(5-2)18-11-9-16(10-12-18)17-14-19(21-8-7-13-28-21)22(20(25)15-17)23(26)27-6-3/h7-13,15,19,22H,4-6,14H2,1-3H3/t19-,22+/m0/s1. The van der Waals surface area contributed by atoms with Gasteiger partial charge in [-0.1, -0.05) is 18.2 Å². The van der Waals surface area contributed by atoms with Crippen LogP contribution in [0.1, 0.15) is 43.6 Å². The molecule has 2 atom stereocenters. The van der Waals surface area contributed by atoms with E-state index in [1.807, 2.05) is 17.5 Å². The molecular weight excluding hydrogens is 370 g/mol. The van der Waals surface area contributed by atoms with E-state index in [-0.39, 0.29) is 18.3 Å². The van der Waals surface area contributed by atoms with Crippen LogP contribution in [0.5, 0.6) is 0 Å². The summed E-state index contributed by atoms with van der Waals surface area (Å²) < 4.78 is 5.20. The SMILES string of the molecule is CCOC(=O)[C@H]1C(=O)C=C(c2ccc(N(CC)CC)cc2)C[C@H]1c1cccs1. The highest BCUT2D eigenvalue weighted by Crippen LogP contribution is 2.42. The highest BCUT2D eigenvalue weighted by atomic mass is 32.1. The number of ketones is 1. The van der Waals surface area contributed by atoms with Crippen molar-refractivity contribution in [3.63, 3.8) is 0 Å². The number of esters is 1. The third kappa shape index (κ3) is 4.20. The average Bonchev–Trinajstić information content (AvgIpc) is 3.23. The largest absolute Gasteiger partial charge is 0.465 e. The lowest BCUT2D eigenvalue weighted by molar-refractivity contribution is -0.151. The van der Waals surface area contributed by atoms with Crippen LogP contribution in [0, 0.1) is 5.92 Å². The van der Waals surface area contributed by atoms with Gasteiger partial charge in [-0.05, 0) is 68.0 Å². The molecule has 2 aromatic rings. The van der Waals surface area contributed by atoms with Crippen molar-refractivity contribution in [3.8, 4) is 0 Å². The maximum absolute atomic E-state index is 12.9. The van der Waals surface area contributed by atoms with Gasteiger partial charge >= 0.3 is 5.97 Å². The monoisotopic (exact) mass is 397 g/mol. The minimum atomic E-state index is -0.753. The van der Waals surface area contributed by atoms with Crippen LogP contribution in [0.25, 0.3) is 5.57 Å². The molecule has 4 nitrogen and oxygen atoms in total. The van der Waals surface area contributed by atoms with Crippen LogP contribution in [0.4, 0.5) is 5.69 Å². The predicted molar refractivity (Wildman–Crippen MR) is 115 cm³/mol. The first-order chi connectivity index (χ1) is 13.6. The van der Waals surface area contributed by atoms with Crippen LogP contribution in [0.15, 0.2) is 47.9 Å². The molecule has 0 fully saturated rings. The van der Waals surface area contributed by atoms with E-state index in [4.69, 9.17) is 4.74 Å². The summed E-state index contributed by atoms with van der Waals surface area (Å²) >= 11 is 1.59. The van der Waals surface area contributed by atoms with Crippen LogP contribution in [0.2, 0.25) is 0 Å². The Hall–Kier alpha value is -2.40. The zero-order valence-corrected chi connectivity index (χ0v) is 17.5. The fourth-order valence-corrected chi connectivity index (χ4v) is 4.69. The molecule has 0 saturated heterocycles. The Labute approximate surface area is 170 Å².